The molecule has 0 nitrogen and oxygen atoms in total. The van der Waals surface area contributed by atoms with Crippen molar-refractivity contribution in [3.8, 4) is 0 Å². The van der Waals surface area contributed by atoms with Crippen molar-refractivity contribution in [1.82, 2.24) is 0 Å². The first-order valence-electron chi connectivity index (χ1n) is 33.8. The van der Waals surface area contributed by atoms with Gasteiger partial charge >= 0.3 is 24.7 Å². The minimum atomic E-state index is -5.17. The monoisotopic (exact) mass is 1360 g/mol. The summed E-state index contributed by atoms with van der Waals surface area (Å²) in [4.78, 5) is 0. The Hall–Kier alpha value is -1.33. The highest BCUT2D eigenvalue weighted by Gasteiger charge is 2.55. The summed E-state index contributed by atoms with van der Waals surface area (Å²) in [6.07, 6.45) is -8.69. The van der Waals surface area contributed by atoms with Crippen molar-refractivity contribution in [2.45, 2.75) is 402 Å². The molecule has 1 aliphatic rings. The summed E-state index contributed by atoms with van der Waals surface area (Å²) in [5.74, 6) is -5.29. The molecule has 0 saturated heterocycles. The molecule has 558 valence electrons. The third-order valence-electron chi connectivity index (χ3n) is 16.9. The molecule has 90 heavy (non-hydrogen) atoms. The van der Waals surface area contributed by atoms with Gasteiger partial charge in [0.25, 0.3) is 0 Å². The first-order chi connectivity index (χ1) is 39.7. The van der Waals surface area contributed by atoms with Gasteiger partial charge in [0.15, 0.2) is 5.92 Å². The van der Waals surface area contributed by atoms with Gasteiger partial charge in [-0.25, -0.2) is 30.7 Å². The van der Waals surface area contributed by atoms with E-state index in [4.69, 9.17) is 0 Å². The summed E-state index contributed by atoms with van der Waals surface area (Å²) in [5.41, 5.74) is -4.84. The molecule has 1 unspecified atom stereocenters. The Balaban J connectivity index is -0.000000117. The SMILES string of the molecule is CC(C)(C)C.CC(C)C(C)(F)C(C)C.CC1CCC(F)(F)CC1.CCC(C)(C)CC(F)(F)F.CCC(C)(F)CC.CCC(C)C(F)(F)F.CCC(CC)C(C)(F)C(CC)CC.CCCC(C(F)(F)F)C(F)(F)F.CCCC(C)(F)CCC.CC[C@](C)(F)C(C)C. The zero-order valence-corrected chi connectivity index (χ0v) is 62.9. The van der Waals surface area contributed by atoms with Gasteiger partial charge in [0.1, 0.15) is 28.3 Å². The van der Waals surface area contributed by atoms with Crippen molar-refractivity contribution in [3.05, 3.63) is 0 Å². The van der Waals surface area contributed by atoms with Gasteiger partial charge in [-0.1, -0.05) is 231 Å². The topological polar surface area (TPSA) is 0 Å². The fourth-order valence-corrected chi connectivity index (χ4v) is 7.88. The molecule has 0 N–H and O–H groups in total. The predicted molar refractivity (Wildman–Crippen MR) is 349 cm³/mol. The van der Waals surface area contributed by atoms with Crippen LogP contribution in [-0.4, -0.2) is 59.0 Å². The molecule has 0 bridgehead atoms. The molecule has 1 saturated carbocycles. The summed E-state index contributed by atoms with van der Waals surface area (Å²) in [5, 5.41) is 0. The maximum Gasteiger partial charge on any atom is 0.400 e. The van der Waals surface area contributed by atoms with Crippen LogP contribution >= 0.6 is 0 Å². The molecular formula is C71H141F19. The molecule has 0 aromatic carbocycles. The number of hydrogen-bond acceptors (Lipinski definition) is 0. The zero-order valence-electron chi connectivity index (χ0n) is 62.9. The van der Waals surface area contributed by atoms with E-state index in [-0.39, 0.29) is 55.3 Å². The Morgan fingerprint density at radius 1 is 0.389 bits per heavy atom. The third kappa shape index (κ3) is 66.7. The van der Waals surface area contributed by atoms with Gasteiger partial charge < -0.3 is 0 Å². The molecule has 0 aliphatic heterocycles. The highest BCUT2D eigenvalue weighted by molar-refractivity contribution is 4.87. The van der Waals surface area contributed by atoms with Crippen LogP contribution in [0.15, 0.2) is 0 Å². The second-order valence-corrected chi connectivity index (χ2v) is 29.1. The second kappa shape index (κ2) is 50.1. The summed E-state index contributed by atoms with van der Waals surface area (Å²) in [7, 11) is 0. The van der Waals surface area contributed by atoms with Gasteiger partial charge in [-0.3, -0.25) is 0 Å². The van der Waals surface area contributed by atoms with Crippen LogP contribution < -0.4 is 0 Å². The fourth-order valence-electron chi connectivity index (χ4n) is 7.88. The van der Waals surface area contributed by atoms with E-state index >= 15 is 0 Å². The lowest BCUT2D eigenvalue weighted by Crippen LogP contribution is -2.37. The van der Waals surface area contributed by atoms with Gasteiger partial charge in [-0.2, -0.15) is 52.7 Å². The largest absolute Gasteiger partial charge is 0.400 e. The van der Waals surface area contributed by atoms with Crippen molar-refractivity contribution in [2.24, 2.45) is 58.2 Å². The summed E-state index contributed by atoms with van der Waals surface area (Å²) in [6, 6.07) is 0. The van der Waals surface area contributed by atoms with Crippen LogP contribution in [0.25, 0.3) is 0 Å². The lowest BCUT2D eigenvalue weighted by atomic mass is 9.75. The highest BCUT2D eigenvalue weighted by Crippen LogP contribution is 2.43. The Morgan fingerprint density at radius 2 is 0.700 bits per heavy atom. The predicted octanol–water partition coefficient (Wildman–Crippen LogP) is 30.6. The number of rotatable bonds is 21. The van der Waals surface area contributed by atoms with E-state index in [0.717, 1.165) is 38.5 Å². The molecule has 0 radical (unpaired) electrons. The van der Waals surface area contributed by atoms with E-state index in [0.29, 0.717) is 62.7 Å². The van der Waals surface area contributed by atoms with Crippen molar-refractivity contribution in [1.29, 1.82) is 0 Å². The van der Waals surface area contributed by atoms with Crippen LogP contribution in [0.4, 0.5) is 83.4 Å². The van der Waals surface area contributed by atoms with Gasteiger partial charge in [0, 0.05) is 19.3 Å². The minimum absolute atomic E-state index is 0.105. The third-order valence-corrected chi connectivity index (χ3v) is 16.9. The van der Waals surface area contributed by atoms with E-state index in [1.807, 2.05) is 83.1 Å². The molecular weight excluding hydrogens is 1210 g/mol. The highest BCUT2D eigenvalue weighted by atomic mass is 19.4. The standard InChI is InChI=1S/C12H25F.2C8H17F.C7H13F3.C7H12F2.C7H15F.C6H8F6.C6H13F.C5H9F3.C5H12/c1-6-10(7-2)12(5,13)11(8-3)9-4;1-6(2)8(5,9)7(3)4;1-4-6-8(3,9)7-5-2;1-4-6(2,3)5-7(8,9)10;1-6-2-4-7(8,9)5-3-6;1-5-7(4,8)6(2)3;1-2-3-4(5(7,8)9)6(10,11)12;1-4-6(3,7)5-2;1-3-4(2)5(6,7)8;1-5(2,3)4/h10-11H,6-9H2,1-5H3;6-7H,1-5H3;4-7H2,1-3H3;4-5H2,1-3H3;6H,2-5H2,1H3;6H,5H2,1-4H3;4H,2-3H2,1H3;4-5H2,1-3H3;4H,3H2,1-2H3;1-4H3/t;;;;;7-;;;;/m.....0..../s1. The Kier molecular flexibility index (Phi) is 59.7. The molecule has 0 amide bonds. The van der Waals surface area contributed by atoms with E-state index in [1.54, 1.807) is 55.4 Å². The molecule has 1 rings (SSSR count). The molecule has 1 aliphatic carbocycles. The van der Waals surface area contributed by atoms with Crippen LogP contribution in [0, 0.1) is 58.2 Å². The number of hydrogen-bond donors (Lipinski definition) is 0. The first-order valence-corrected chi connectivity index (χ1v) is 33.8. The Labute approximate surface area is 541 Å². The number of halogens is 19. The number of alkyl halides is 19. The van der Waals surface area contributed by atoms with Crippen molar-refractivity contribution < 1.29 is 83.4 Å². The molecule has 0 aromatic heterocycles. The summed E-state index contributed by atoms with van der Waals surface area (Å²) in [6.45, 7) is 57.7. The molecule has 19 heteroatoms. The maximum absolute atomic E-state index is 14.4. The lowest BCUT2D eigenvalue weighted by molar-refractivity contribution is -0.285. The molecule has 0 heterocycles. The minimum Gasteiger partial charge on any atom is -0.244 e. The molecule has 0 spiro atoms. The first kappa shape index (κ1) is 107. The van der Waals surface area contributed by atoms with E-state index in [2.05, 4.69) is 55.4 Å². The maximum atomic E-state index is 14.4. The molecule has 2 atom stereocenters. The van der Waals surface area contributed by atoms with Crippen LogP contribution in [0.3, 0.4) is 0 Å². The quantitative estimate of drug-likeness (QED) is 0.101. The van der Waals surface area contributed by atoms with Crippen molar-refractivity contribution >= 4 is 0 Å². The Morgan fingerprint density at radius 3 is 0.800 bits per heavy atom. The van der Waals surface area contributed by atoms with Gasteiger partial charge in [0.2, 0.25) is 5.92 Å². The van der Waals surface area contributed by atoms with Crippen LogP contribution in [0.2, 0.25) is 0 Å². The van der Waals surface area contributed by atoms with Crippen LogP contribution in [0.1, 0.15) is 343 Å². The lowest BCUT2D eigenvalue weighted by Gasteiger charge is -2.35. The molecule has 0 aromatic rings. The normalized spacial score (nSPS) is 15.3. The Bertz CT molecular complexity index is 1500. The van der Waals surface area contributed by atoms with E-state index < -0.39 is 89.1 Å². The van der Waals surface area contributed by atoms with Gasteiger partial charge in [0.05, 0.1) is 5.92 Å². The second-order valence-electron chi connectivity index (χ2n) is 29.1. The van der Waals surface area contributed by atoms with Crippen molar-refractivity contribution in [2.75, 3.05) is 0 Å². The average Bonchev–Trinajstić information content (AvgIpc) is 3.36. The van der Waals surface area contributed by atoms with Gasteiger partial charge in [-0.05, 0) is 139 Å². The van der Waals surface area contributed by atoms with Crippen LogP contribution in [0.5, 0.6) is 0 Å². The zero-order chi connectivity index (χ0) is 74.8. The summed E-state index contributed by atoms with van der Waals surface area (Å²) >= 11 is 0. The summed E-state index contributed by atoms with van der Waals surface area (Å²) < 4.78 is 231. The average molecular weight is 1360 g/mol. The van der Waals surface area contributed by atoms with Crippen LogP contribution in [-0.2, 0) is 0 Å². The smallest absolute Gasteiger partial charge is 0.244 e. The fraction of sp³-hybridized carbons (Fsp3) is 1.00. The van der Waals surface area contributed by atoms with E-state index in [1.165, 1.54) is 20.8 Å². The molecule has 1 fully saturated rings. The van der Waals surface area contributed by atoms with E-state index in [9.17, 15) is 83.4 Å². The van der Waals surface area contributed by atoms with Gasteiger partial charge in [-0.15, -0.1) is 0 Å². The van der Waals surface area contributed by atoms with Crippen molar-refractivity contribution in [3.63, 3.8) is 0 Å².